The maximum Gasteiger partial charge on any atom is 0.453 e. The molecule has 1 aromatic rings. The predicted octanol–water partition coefficient (Wildman–Crippen LogP) is 8.32. The molecule has 2 N–H and O–H groups in total. The lowest BCUT2D eigenvalue weighted by atomic mass is 9.51. The van der Waals surface area contributed by atoms with Gasteiger partial charge in [0.15, 0.2) is 5.78 Å². The highest BCUT2D eigenvalue weighted by molar-refractivity contribution is 7.84. The highest BCUT2D eigenvalue weighted by atomic mass is 32.2. The van der Waals surface area contributed by atoms with Crippen LogP contribution in [0.2, 0.25) is 0 Å². The van der Waals surface area contributed by atoms with Crippen LogP contribution in [0.25, 0.3) is 0 Å². The van der Waals surface area contributed by atoms with E-state index in [1.807, 2.05) is 6.07 Å². The molecule has 0 bridgehead atoms. The van der Waals surface area contributed by atoms with Gasteiger partial charge in [-0.2, -0.15) is 22.0 Å². The number of aliphatic hydroxyl groups is 1. The normalized spacial score (nSPS) is 30.1. The average molecular weight is 621 g/mol. The molecule has 2 fully saturated rings. The highest BCUT2D eigenvalue weighted by Gasteiger charge is 2.58. The molecular weight excluding hydrogens is 575 g/mol. The van der Waals surface area contributed by atoms with E-state index in [1.165, 1.54) is 0 Å². The number of rotatable bonds is 14. The van der Waals surface area contributed by atoms with Crippen LogP contribution in [0.1, 0.15) is 119 Å². The summed E-state index contributed by atoms with van der Waals surface area (Å²) >= 11 is 0. The molecule has 0 radical (unpaired) electrons. The number of phenolic OH excluding ortho intramolecular Hbond substituents is 1. The van der Waals surface area contributed by atoms with E-state index in [4.69, 9.17) is 0 Å². The first-order valence-electron chi connectivity index (χ1n) is 15.6. The zero-order chi connectivity index (χ0) is 30.7. The van der Waals surface area contributed by atoms with E-state index in [0.29, 0.717) is 23.7 Å². The molecule has 1 aromatic carbocycles. The second-order valence-corrected chi connectivity index (χ2v) is 14.8. The number of benzene rings is 1. The topological polar surface area (TPSA) is 74.6 Å². The number of Topliss-reactive ketones (excluding diaryl/α,β-unsaturated/α-hetero) is 1. The fourth-order valence-corrected chi connectivity index (χ4v) is 9.28. The number of aromatic hydroxyl groups is 1. The van der Waals surface area contributed by atoms with Gasteiger partial charge < -0.3 is 10.2 Å². The number of aliphatic hydroxyl groups excluding tert-OH is 1. The average Bonchev–Trinajstić information content (AvgIpc) is 3.22. The van der Waals surface area contributed by atoms with Crippen molar-refractivity contribution in [2.45, 2.75) is 121 Å². The van der Waals surface area contributed by atoms with Crippen LogP contribution in [0, 0.1) is 23.2 Å². The largest absolute Gasteiger partial charge is 0.508 e. The van der Waals surface area contributed by atoms with E-state index < -0.39 is 35.7 Å². The maximum atomic E-state index is 13.8. The summed E-state index contributed by atoms with van der Waals surface area (Å²) in [4.78, 5) is 13.8. The van der Waals surface area contributed by atoms with E-state index in [1.54, 1.807) is 12.1 Å². The minimum Gasteiger partial charge on any atom is -0.508 e. The number of carbonyl (C=O) groups is 1. The molecule has 7 atom stereocenters. The zero-order valence-corrected chi connectivity index (χ0v) is 25.3. The van der Waals surface area contributed by atoms with Gasteiger partial charge in [0.05, 0.1) is 6.10 Å². The standard InChI is InChI=1S/C32H45F5O4S/c1-30-17-15-23-22-12-11-21(38)20-25(22)29(40)24(28(23)26(30)13-14-27(30)39)10-7-5-3-2-4-6-8-18-42(41)19-9-16-31(33,34)32(35,36)37/h11-12,20,23-24,26-28,38-39H,2-10,13-19H2,1H3/t23-,24+,26+,27+,28+,30+,42-/m1/s1. The molecular formula is C32H45F5O4S. The lowest BCUT2D eigenvalue weighted by Crippen LogP contribution is -2.49. The van der Waals surface area contributed by atoms with Crippen molar-refractivity contribution in [3.8, 4) is 5.75 Å². The molecule has 0 heterocycles. The van der Waals surface area contributed by atoms with E-state index >= 15 is 0 Å². The van der Waals surface area contributed by atoms with Crippen LogP contribution in [0.4, 0.5) is 22.0 Å². The summed E-state index contributed by atoms with van der Waals surface area (Å²) in [6, 6.07) is 5.23. The molecule has 0 aromatic heterocycles. The fourth-order valence-electron chi connectivity index (χ4n) is 8.08. The summed E-state index contributed by atoms with van der Waals surface area (Å²) in [5.41, 5.74) is 1.57. The van der Waals surface area contributed by atoms with Crippen molar-refractivity contribution >= 4 is 16.6 Å². The van der Waals surface area contributed by atoms with Crippen LogP contribution in [0.3, 0.4) is 0 Å². The molecule has 42 heavy (non-hydrogen) atoms. The number of alkyl halides is 5. The summed E-state index contributed by atoms with van der Waals surface area (Å²) in [5, 5.41) is 20.9. The van der Waals surface area contributed by atoms with Gasteiger partial charge >= 0.3 is 12.1 Å². The second-order valence-electron chi connectivity index (χ2n) is 13.1. The molecule has 10 heteroatoms. The minimum absolute atomic E-state index is 0.106. The van der Waals surface area contributed by atoms with Gasteiger partial charge in [0, 0.05) is 40.2 Å². The first kappa shape index (κ1) is 33.3. The van der Waals surface area contributed by atoms with Gasteiger partial charge in [-0.15, -0.1) is 0 Å². The molecule has 0 unspecified atom stereocenters. The first-order chi connectivity index (χ1) is 19.8. The molecule has 4 rings (SSSR count). The van der Waals surface area contributed by atoms with Crippen LogP contribution in [0.15, 0.2) is 18.2 Å². The third kappa shape index (κ3) is 7.22. The Morgan fingerprint density at radius 2 is 1.57 bits per heavy atom. The molecule has 0 aliphatic heterocycles. The van der Waals surface area contributed by atoms with E-state index in [0.717, 1.165) is 76.2 Å². The molecule has 0 spiro atoms. The van der Waals surface area contributed by atoms with Crippen molar-refractivity contribution < 1.29 is 41.2 Å². The first-order valence-corrected chi connectivity index (χ1v) is 17.1. The fraction of sp³-hybridized carbons (Fsp3) is 0.781. The third-order valence-electron chi connectivity index (χ3n) is 10.5. The van der Waals surface area contributed by atoms with Crippen LogP contribution >= 0.6 is 0 Å². The second kappa shape index (κ2) is 13.6. The SMILES string of the molecule is C[C@]12CC[C@@H]3c4ccc(O)cc4C(=O)[C@@H](CCCCCCCCC[S@@](=O)CCCC(F)(F)C(F)(F)F)[C@H]3[C@@H]1CC[C@@H]2O. The quantitative estimate of drug-likeness (QED) is 0.162. The van der Waals surface area contributed by atoms with Gasteiger partial charge in [0.2, 0.25) is 0 Å². The van der Waals surface area contributed by atoms with Gasteiger partial charge in [-0.1, -0.05) is 51.5 Å². The summed E-state index contributed by atoms with van der Waals surface area (Å²) in [6.45, 7) is 2.20. The Bertz CT molecular complexity index is 1110. The lowest BCUT2D eigenvalue weighted by Gasteiger charge is -2.52. The molecule has 3 aliphatic carbocycles. The predicted molar refractivity (Wildman–Crippen MR) is 153 cm³/mol. The maximum absolute atomic E-state index is 13.8. The van der Waals surface area contributed by atoms with Crippen molar-refractivity contribution in [1.29, 1.82) is 0 Å². The third-order valence-corrected chi connectivity index (χ3v) is 11.9. The van der Waals surface area contributed by atoms with Crippen molar-refractivity contribution in [3.63, 3.8) is 0 Å². The zero-order valence-electron chi connectivity index (χ0n) is 24.4. The van der Waals surface area contributed by atoms with Gasteiger partial charge in [-0.25, -0.2) is 0 Å². The Balaban J connectivity index is 1.19. The number of hydrogen-bond donors (Lipinski definition) is 2. The van der Waals surface area contributed by atoms with Crippen molar-refractivity contribution in [1.82, 2.24) is 0 Å². The molecule has 3 aliphatic rings. The summed E-state index contributed by atoms with van der Waals surface area (Å²) in [6.07, 6.45) is 3.10. The molecule has 0 amide bonds. The van der Waals surface area contributed by atoms with Crippen molar-refractivity contribution in [2.24, 2.45) is 23.2 Å². The highest BCUT2D eigenvalue weighted by Crippen LogP contribution is 2.62. The summed E-state index contributed by atoms with van der Waals surface area (Å²) < 4.78 is 74.5. The Morgan fingerprint density at radius 1 is 0.929 bits per heavy atom. The van der Waals surface area contributed by atoms with Gasteiger partial charge in [-0.3, -0.25) is 9.00 Å². The van der Waals surface area contributed by atoms with Crippen molar-refractivity contribution in [2.75, 3.05) is 11.5 Å². The van der Waals surface area contributed by atoms with Crippen LogP contribution < -0.4 is 0 Å². The Morgan fingerprint density at radius 3 is 2.26 bits per heavy atom. The Kier molecular flexibility index (Phi) is 10.8. The monoisotopic (exact) mass is 620 g/mol. The minimum atomic E-state index is -5.56. The molecule has 238 valence electrons. The Labute approximate surface area is 248 Å². The smallest absolute Gasteiger partial charge is 0.453 e. The number of unbranched alkanes of at least 4 members (excludes halogenated alkanes) is 6. The van der Waals surface area contributed by atoms with E-state index in [-0.39, 0.29) is 46.6 Å². The molecule has 4 nitrogen and oxygen atoms in total. The van der Waals surface area contributed by atoms with E-state index in [2.05, 4.69) is 6.92 Å². The molecule has 0 saturated heterocycles. The van der Waals surface area contributed by atoms with Crippen LogP contribution in [-0.4, -0.2) is 49.9 Å². The van der Waals surface area contributed by atoms with Crippen LogP contribution in [0.5, 0.6) is 5.75 Å². The number of carbonyl (C=O) groups excluding carboxylic acids is 1. The number of hydrogen-bond acceptors (Lipinski definition) is 4. The lowest BCUT2D eigenvalue weighted by molar-refractivity contribution is -0.284. The number of fused-ring (bicyclic) bond motifs is 5. The summed E-state index contributed by atoms with van der Waals surface area (Å²) in [5.74, 6) is -3.62. The summed E-state index contributed by atoms with van der Waals surface area (Å²) in [7, 11) is -1.39. The van der Waals surface area contributed by atoms with Gasteiger partial charge in [0.1, 0.15) is 5.75 Å². The van der Waals surface area contributed by atoms with E-state index in [9.17, 15) is 41.2 Å². The van der Waals surface area contributed by atoms with Gasteiger partial charge in [0.25, 0.3) is 0 Å². The van der Waals surface area contributed by atoms with Crippen LogP contribution in [-0.2, 0) is 10.8 Å². The number of ketones is 1. The molecule has 2 saturated carbocycles. The van der Waals surface area contributed by atoms with Gasteiger partial charge in [-0.05, 0) is 85.8 Å². The van der Waals surface area contributed by atoms with Crippen molar-refractivity contribution in [3.05, 3.63) is 29.3 Å². The number of halogens is 5. The number of phenols is 1. The Hall–Kier alpha value is -1.55.